The highest BCUT2D eigenvalue weighted by Crippen LogP contribution is 2.30. The highest BCUT2D eigenvalue weighted by Gasteiger charge is 2.39. The standard InChI is InChI=1S/C9H18N2O/c1-11-4-2-9(3-5-11)6-8(12)7-10-9/h8,10,12H,2-7H2,1H3. The Kier molecular flexibility index (Phi) is 2.10. The maximum atomic E-state index is 9.44. The minimum atomic E-state index is -0.103. The zero-order valence-electron chi connectivity index (χ0n) is 7.71. The van der Waals surface area contributed by atoms with Crippen LogP contribution in [0.4, 0.5) is 0 Å². The van der Waals surface area contributed by atoms with Gasteiger partial charge in [0.05, 0.1) is 6.10 Å². The van der Waals surface area contributed by atoms with Gasteiger partial charge < -0.3 is 15.3 Å². The van der Waals surface area contributed by atoms with Gasteiger partial charge in [-0.05, 0) is 39.4 Å². The predicted octanol–water partition coefficient (Wildman–Crippen LogP) is -0.195. The lowest BCUT2D eigenvalue weighted by Gasteiger charge is -2.37. The van der Waals surface area contributed by atoms with Gasteiger partial charge in [0, 0.05) is 12.1 Å². The van der Waals surface area contributed by atoms with Gasteiger partial charge in [0.2, 0.25) is 0 Å². The van der Waals surface area contributed by atoms with Gasteiger partial charge in [0.15, 0.2) is 0 Å². The molecule has 2 heterocycles. The summed E-state index contributed by atoms with van der Waals surface area (Å²) in [5.74, 6) is 0. The van der Waals surface area contributed by atoms with E-state index in [1.54, 1.807) is 0 Å². The van der Waals surface area contributed by atoms with E-state index >= 15 is 0 Å². The number of nitrogens with zero attached hydrogens (tertiary/aromatic N) is 1. The first kappa shape index (κ1) is 8.48. The molecular formula is C9H18N2O. The zero-order valence-corrected chi connectivity index (χ0v) is 7.71. The Balaban J connectivity index is 1.95. The Hall–Kier alpha value is -0.120. The molecule has 0 aromatic carbocycles. The lowest BCUT2D eigenvalue weighted by Crippen LogP contribution is -2.48. The summed E-state index contributed by atoms with van der Waals surface area (Å²) in [7, 11) is 2.16. The molecule has 3 nitrogen and oxygen atoms in total. The Labute approximate surface area is 73.8 Å². The molecular weight excluding hydrogens is 152 g/mol. The molecule has 1 spiro atoms. The Bertz CT molecular complexity index is 164. The van der Waals surface area contributed by atoms with Gasteiger partial charge in [0.25, 0.3) is 0 Å². The summed E-state index contributed by atoms with van der Waals surface area (Å²) < 4.78 is 0. The Morgan fingerprint density at radius 3 is 2.58 bits per heavy atom. The molecule has 0 amide bonds. The zero-order chi connectivity index (χ0) is 8.60. The van der Waals surface area contributed by atoms with Crippen LogP contribution < -0.4 is 5.32 Å². The minimum absolute atomic E-state index is 0.103. The van der Waals surface area contributed by atoms with Crippen LogP contribution in [0.5, 0.6) is 0 Å². The molecule has 2 rings (SSSR count). The second kappa shape index (κ2) is 2.98. The highest BCUT2D eigenvalue weighted by molar-refractivity contribution is 4.99. The van der Waals surface area contributed by atoms with E-state index < -0.39 is 0 Å². The van der Waals surface area contributed by atoms with E-state index in [0.717, 1.165) is 13.0 Å². The van der Waals surface area contributed by atoms with Crippen molar-refractivity contribution < 1.29 is 5.11 Å². The monoisotopic (exact) mass is 170 g/mol. The van der Waals surface area contributed by atoms with Crippen LogP contribution in [0.3, 0.4) is 0 Å². The van der Waals surface area contributed by atoms with Gasteiger partial charge in [-0.25, -0.2) is 0 Å². The number of β-amino-alcohol motifs (C(OH)–C–C–N with tert-alkyl or cyclic N) is 1. The van der Waals surface area contributed by atoms with Crippen molar-refractivity contribution in [1.82, 2.24) is 10.2 Å². The lowest BCUT2D eigenvalue weighted by molar-refractivity contribution is 0.145. The van der Waals surface area contributed by atoms with Gasteiger partial charge >= 0.3 is 0 Å². The van der Waals surface area contributed by atoms with E-state index in [1.165, 1.54) is 25.9 Å². The number of piperidine rings is 1. The van der Waals surface area contributed by atoms with Crippen molar-refractivity contribution in [3.63, 3.8) is 0 Å². The molecule has 0 saturated carbocycles. The van der Waals surface area contributed by atoms with E-state index in [1.807, 2.05) is 0 Å². The third-order valence-corrected chi connectivity index (χ3v) is 3.28. The third kappa shape index (κ3) is 1.49. The van der Waals surface area contributed by atoms with Crippen molar-refractivity contribution >= 4 is 0 Å². The molecule has 0 aromatic rings. The first-order valence-electron chi connectivity index (χ1n) is 4.82. The first-order chi connectivity index (χ1) is 5.70. The van der Waals surface area contributed by atoms with Crippen LogP contribution >= 0.6 is 0 Å². The average molecular weight is 170 g/mol. The average Bonchev–Trinajstić information content (AvgIpc) is 2.40. The number of aliphatic hydroxyl groups excluding tert-OH is 1. The summed E-state index contributed by atoms with van der Waals surface area (Å²) >= 11 is 0. The summed E-state index contributed by atoms with van der Waals surface area (Å²) in [4.78, 5) is 2.36. The molecule has 2 N–H and O–H groups in total. The topological polar surface area (TPSA) is 35.5 Å². The second-order valence-electron chi connectivity index (χ2n) is 4.32. The number of aliphatic hydroxyl groups is 1. The molecule has 2 saturated heterocycles. The number of likely N-dealkylation sites (tertiary alicyclic amines) is 1. The number of nitrogens with one attached hydrogen (secondary N) is 1. The lowest BCUT2D eigenvalue weighted by atomic mass is 9.86. The molecule has 0 radical (unpaired) electrons. The van der Waals surface area contributed by atoms with Crippen LogP contribution in [0.1, 0.15) is 19.3 Å². The molecule has 12 heavy (non-hydrogen) atoms. The fourth-order valence-electron chi connectivity index (χ4n) is 2.36. The van der Waals surface area contributed by atoms with Crippen LogP contribution in [-0.2, 0) is 0 Å². The van der Waals surface area contributed by atoms with Crippen LogP contribution in [0.25, 0.3) is 0 Å². The van der Waals surface area contributed by atoms with Crippen LogP contribution in [-0.4, -0.2) is 48.3 Å². The van der Waals surface area contributed by atoms with Crippen LogP contribution in [0.15, 0.2) is 0 Å². The van der Waals surface area contributed by atoms with E-state index in [4.69, 9.17) is 0 Å². The molecule has 2 aliphatic heterocycles. The predicted molar refractivity (Wildman–Crippen MR) is 48.1 cm³/mol. The van der Waals surface area contributed by atoms with Crippen LogP contribution in [0, 0.1) is 0 Å². The van der Waals surface area contributed by atoms with Gasteiger partial charge in [-0.2, -0.15) is 0 Å². The van der Waals surface area contributed by atoms with Crippen molar-refractivity contribution in [2.75, 3.05) is 26.7 Å². The second-order valence-corrected chi connectivity index (χ2v) is 4.32. The van der Waals surface area contributed by atoms with Crippen molar-refractivity contribution in [3.05, 3.63) is 0 Å². The molecule has 0 aromatic heterocycles. The number of hydrogen-bond acceptors (Lipinski definition) is 3. The van der Waals surface area contributed by atoms with Crippen molar-refractivity contribution in [2.24, 2.45) is 0 Å². The van der Waals surface area contributed by atoms with E-state index in [9.17, 15) is 5.11 Å². The summed E-state index contributed by atoms with van der Waals surface area (Å²) in [6, 6.07) is 0. The van der Waals surface area contributed by atoms with E-state index in [0.29, 0.717) is 0 Å². The molecule has 3 heteroatoms. The first-order valence-corrected chi connectivity index (χ1v) is 4.82. The highest BCUT2D eigenvalue weighted by atomic mass is 16.3. The normalized spacial score (nSPS) is 36.0. The largest absolute Gasteiger partial charge is 0.392 e. The molecule has 70 valence electrons. The summed E-state index contributed by atoms with van der Waals surface area (Å²) in [5.41, 5.74) is 0.284. The maximum absolute atomic E-state index is 9.44. The molecule has 0 bridgehead atoms. The fourth-order valence-corrected chi connectivity index (χ4v) is 2.36. The maximum Gasteiger partial charge on any atom is 0.0682 e. The molecule has 2 aliphatic rings. The summed E-state index contributed by atoms with van der Waals surface area (Å²) in [6.07, 6.45) is 3.25. The van der Waals surface area contributed by atoms with Gasteiger partial charge in [-0.3, -0.25) is 0 Å². The molecule has 2 fully saturated rings. The quantitative estimate of drug-likeness (QED) is 0.529. The third-order valence-electron chi connectivity index (χ3n) is 3.28. The summed E-state index contributed by atoms with van der Waals surface area (Å²) in [5, 5.41) is 12.9. The molecule has 1 atom stereocenters. The molecule has 0 aliphatic carbocycles. The molecule has 1 unspecified atom stereocenters. The van der Waals surface area contributed by atoms with E-state index in [-0.39, 0.29) is 11.6 Å². The number of rotatable bonds is 0. The SMILES string of the molecule is CN1CCC2(CC1)CC(O)CN2. The minimum Gasteiger partial charge on any atom is -0.392 e. The van der Waals surface area contributed by atoms with E-state index in [2.05, 4.69) is 17.3 Å². The number of hydrogen-bond donors (Lipinski definition) is 2. The Morgan fingerprint density at radius 2 is 2.08 bits per heavy atom. The van der Waals surface area contributed by atoms with Crippen molar-refractivity contribution in [3.8, 4) is 0 Å². The van der Waals surface area contributed by atoms with Crippen molar-refractivity contribution in [1.29, 1.82) is 0 Å². The smallest absolute Gasteiger partial charge is 0.0682 e. The fraction of sp³-hybridized carbons (Fsp3) is 1.00. The van der Waals surface area contributed by atoms with Crippen molar-refractivity contribution in [2.45, 2.75) is 30.9 Å². The van der Waals surface area contributed by atoms with Gasteiger partial charge in [0.1, 0.15) is 0 Å². The Morgan fingerprint density at radius 1 is 1.42 bits per heavy atom. The van der Waals surface area contributed by atoms with Crippen LogP contribution in [0.2, 0.25) is 0 Å². The van der Waals surface area contributed by atoms with Gasteiger partial charge in [-0.15, -0.1) is 0 Å². The van der Waals surface area contributed by atoms with Gasteiger partial charge in [-0.1, -0.05) is 0 Å². The summed E-state index contributed by atoms with van der Waals surface area (Å²) in [6.45, 7) is 3.13.